The molecule has 0 saturated heterocycles. The standard InChI is InChI=1S/C42H22Cl4/c43-32-15-7-27(8-16-32)36(28-9-17-33(44)18-10-28)23-25-38-39(41-6-2-4-31-3-1-5-40(38)42(31)41)26-24-37(29-11-19-34(45)20-12-29)30-13-21-35(46)22-14-30/h1-22H. The van der Waals surface area contributed by atoms with Crippen LogP contribution < -0.4 is 0 Å². The van der Waals surface area contributed by atoms with Gasteiger partial charge in [-0.25, -0.2) is 0 Å². The highest BCUT2D eigenvalue weighted by Gasteiger charge is 2.24. The molecule has 0 N–H and O–H groups in total. The molecule has 0 aliphatic heterocycles. The predicted molar refractivity (Wildman–Crippen MR) is 196 cm³/mol. The Balaban J connectivity index is 1.58. The van der Waals surface area contributed by atoms with Crippen LogP contribution in [-0.4, -0.2) is 0 Å². The normalized spacial score (nSPS) is 11.5. The maximum atomic E-state index is 6.24. The first-order valence-corrected chi connectivity index (χ1v) is 16.0. The summed E-state index contributed by atoms with van der Waals surface area (Å²) >= 11 is 25.0. The van der Waals surface area contributed by atoms with E-state index < -0.39 is 0 Å². The Morgan fingerprint density at radius 3 is 0.978 bits per heavy atom. The number of rotatable bonds is 4. The number of benzene rings is 6. The molecule has 6 aromatic rings. The largest absolute Gasteiger partial charge is 0.0843 e. The Hall–Kier alpha value is -4.66. The van der Waals surface area contributed by atoms with Gasteiger partial charge in [-0.05, 0) is 92.7 Å². The van der Waals surface area contributed by atoms with Gasteiger partial charge in [-0.3, -0.25) is 0 Å². The third kappa shape index (κ3) is 6.10. The maximum Gasteiger partial charge on any atom is 0.0490 e. The van der Waals surface area contributed by atoms with Crippen LogP contribution in [0.25, 0.3) is 33.1 Å². The molecule has 7 rings (SSSR count). The van der Waals surface area contributed by atoms with Crippen LogP contribution in [0.1, 0.15) is 33.4 Å². The fourth-order valence-corrected chi connectivity index (χ4v) is 6.13. The molecular formula is C42H22Cl4. The highest BCUT2D eigenvalue weighted by molar-refractivity contribution is 6.31. The van der Waals surface area contributed by atoms with Crippen molar-refractivity contribution in [3.63, 3.8) is 0 Å². The lowest BCUT2D eigenvalue weighted by Gasteiger charge is -2.06. The number of hydrogen-bond donors (Lipinski definition) is 0. The Labute approximate surface area is 287 Å². The number of hydrogen-bond acceptors (Lipinski definition) is 0. The molecule has 0 amide bonds. The minimum atomic E-state index is 0.666. The zero-order valence-electron chi connectivity index (χ0n) is 24.2. The molecule has 0 spiro atoms. The third-order valence-electron chi connectivity index (χ3n) is 7.85. The van der Waals surface area contributed by atoms with Gasteiger partial charge in [0.2, 0.25) is 0 Å². The van der Waals surface area contributed by atoms with E-state index in [-0.39, 0.29) is 0 Å². The van der Waals surface area contributed by atoms with Gasteiger partial charge in [0.25, 0.3) is 0 Å². The van der Waals surface area contributed by atoms with E-state index in [4.69, 9.17) is 46.4 Å². The van der Waals surface area contributed by atoms with Crippen molar-refractivity contribution in [3.05, 3.63) is 210 Å². The van der Waals surface area contributed by atoms with Crippen LogP contribution in [0.2, 0.25) is 20.1 Å². The summed E-state index contributed by atoms with van der Waals surface area (Å²) in [6.45, 7) is 0. The summed E-state index contributed by atoms with van der Waals surface area (Å²) in [5, 5.41) is 4.96. The lowest BCUT2D eigenvalue weighted by molar-refractivity contribution is 1.55. The molecule has 0 saturated carbocycles. The first-order valence-electron chi connectivity index (χ1n) is 14.5. The van der Waals surface area contributed by atoms with Crippen molar-refractivity contribution in [1.82, 2.24) is 0 Å². The molecule has 218 valence electrons. The molecule has 46 heavy (non-hydrogen) atoms. The smallest absolute Gasteiger partial charge is 0.0490 e. The van der Waals surface area contributed by atoms with Gasteiger partial charge in [-0.2, -0.15) is 0 Å². The summed E-state index contributed by atoms with van der Waals surface area (Å²) in [4.78, 5) is 0. The quantitative estimate of drug-likeness (QED) is 0.164. The molecular weight excluding hydrogens is 646 g/mol. The predicted octanol–water partition coefficient (Wildman–Crippen LogP) is 13.0. The summed E-state index contributed by atoms with van der Waals surface area (Å²) in [5.74, 6) is 0. The van der Waals surface area contributed by atoms with Gasteiger partial charge in [-0.15, -0.1) is 0 Å². The fraction of sp³-hybridized carbons (Fsp3) is 0. The van der Waals surface area contributed by atoms with E-state index in [0.717, 1.165) is 66.4 Å². The summed E-state index contributed by atoms with van der Waals surface area (Å²) in [7, 11) is 0. The average Bonchev–Trinajstić information content (AvgIpc) is 3.38. The molecule has 0 nitrogen and oxygen atoms in total. The summed E-state index contributed by atoms with van der Waals surface area (Å²) in [5.41, 5.74) is 23.6. The van der Waals surface area contributed by atoms with E-state index in [1.165, 1.54) is 0 Å². The van der Waals surface area contributed by atoms with Gasteiger partial charge in [0, 0.05) is 42.4 Å². The van der Waals surface area contributed by atoms with E-state index in [1.54, 1.807) is 0 Å². The second kappa shape index (κ2) is 13.0. The van der Waals surface area contributed by atoms with Crippen LogP contribution in [0.3, 0.4) is 0 Å². The Morgan fingerprint density at radius 2 is 0.674 bits per heavy atom. The van der Waals surface area contributed by atoms with Gasteiger partial charge in [-0.1, -0.05) is 154 Å². The van der Waals surface area contributed by atoms with Crippen molar-refractivity contribution in [2.75, 3.05) is 0 Å². The van der Waals surface area contributed by atoms with E-state index >= 15 is 0 Å². The highest BCUT2D eigenvalue weighted by Crippen LogP contribution is 2.44. The van der Waals surface area contributed by atoms with Gasteiger partial charge in [0.1, 0.15) is 0 Å². The zero-order chi connectivity index (χ0) is 31.6. The van der Waals surface area contributed by atoms with E-state index in [0.29, 0.717) is 20.1 Å². The minimum absolute atomic E-state index is 0.666. The van der Waals surface area contributed by atoms with E-state index in [2.05, 4.69) is 59.3 Å². The summed E-state index contributed by atoms with van der Waals surface area (Å²) in [6, 6.07) is 43.5. The Kier molecular flexibility index (Phi) is 8.47. The molecule has 0 aromatic heterocycles. The van der Waals surface area contributed by atoms with Crippen LogP contribution in [0, 0.1) is 0 Å². The maximum absolute atomic E-state index is 6.24. The molecule has 0 radical (unpaired) electrons. The van der Waals surface area contributed by atoms with Gasteiger partial charge >= 0.3 is 0 Å². The first kappa shape index (κ1) is 30.0. The lowest BCUT2D eigenvalue weighted by atomic mass is 9.97. The van der Waals surface area contributed by atoms with Crippen LogP contribution >= 0.6 is 46.4 Å². The topological polar surface area (TPSA) is 0 Å². The van der Waals surface area contributed by atoms with Gasteiger partial charge < -0.3 is 0 Å². The number of allylic oxidation sites excluding steroid dienone is 2. The fourth-order valence-electron chi connectivity index (χ4n) is 5.62. The molecule has 0 unspecified atom stereocenters. The summed E-state index contributed by atoms with van der Waals surface area (Å²) in [6.07, 6.45) is 0. The lowest BCUT2D eigenvalue weighted by Crippen LogP contribution is -1.87. The summed E-state index contributed by atoms with van der Waals surface area (Å²) < 4.78 is 0. The van der Waals surface area contributed by atoms with Crippen molar-refractivity contribution in [2.45, 2.75) is 0 Å². The van der Waals surface area contributed by atoms with Gasteiger partial charge in [0.15, 0.2) is 0 Å². The Morgan fingerprint density at radius 1 is 0.370 bits per heavy atom. The molecule has 0 heterocycles. The van der Waals surface area contributed by atoms with Crippen LogP contribution in [0.4, 0.5) is 0 Å². The average molecular weight is 668 g/mol. The molecule has 1 aliphatic carbocycles. The second-order valence-corrected chi connectivity index (χ2v) is 12.5. The molecule has 0 bridgehead atoms. The zero-order valence-corrected chi connectivity index (χ0v) is 27.2. The molecule has 4 heteroatoms. The van der Waals surface area contributed by atoms with Crippen molar-refractivity contribution >= 4 is 79.5 Å². The third-order valence-corrected chi connectivity index (χ3v) is 8.86. The number of halogens is 4. The van der Waals surface area contributed by atoms with Gasteiger partial charge in [0.05, 0.1) is 0 Å². The molecule has 0 fully saturated rings. The van der Waals surface area contributed by atoms with Crippen LogP contribution in [-0.2, 0) is 0 Å². The van der Waals surface area contributed by atoms with E-state index in [9.17, 15) is 0 Å². The van der Waals surface area contributed by atoms with Crippen molar-refractivity contribution < 1.29 is 0 Å². The monoisotopic (exact) mass is 666 g/mol. The molecule has 6 aromatic carbocycles. The minimum Gasteiger partial charge on any atom is -0.0843 e. The van der Waals surface area contributed by atoms with Crippen molar-refractivity contribution in [1.29, 1.82) is 0 Å². The Bertz CT molecular complexity index is 2070. The van der Waals surface area contributed by atoms with Crippen LogP contribution in [0.5, 0.6) is 0 Å². The highest BCUT2D eigenvalue weighted by atomic mass is 35.5. The SMILES string of the molecule is Clc1ccc(C(=C=C=C2C(=C=C=C(c3ccc(Cl)cc3)c3ccc(Cl)cc3)c3cccc4cccc2c34)c2ccc(Cl)cc2)cc1. The van der Waals surface area contributed by atoms with Crippen molar-refractivity contribution in [3.8, 4) is 0 Å². The van der Waals surface area contributed by atoms with Crippen molar-refractivity contribution in [2.24, 2.45) is 0 Å². The second-order valence-electron chi connectivity index (χ2n) is 10.7. The van der Waals surface area contributed by atoms with Crippen LogP contribution in [0.15, 0.2) is 156 Å². The van der Waals surface area contributed by atoms with E-state index in [1.807, 2.05) is 97.1 Å². The molecule has 0 atom stereocenters. The first-order chi connectivity index (χ1) is 22.4. The molecule has 1 aliphatic rings.